The van der Waals surface area contributed by atoms with Gasteiger partial charge in [-0.15, -0.1) is 0 Å². The Morgan fingerprint density at radius 1 is 0.877 bits per heavy atom. The van der Waals surface area contributed by atoms with E-state index < -0.39 is 55.6 Å². The molecule has 0 aliphatic carbocycles. The zero-order valence-corrected chi connectivity index (χ0v) is 38.3. The van der Waals surface area contributed by atoms with Crippen molar-refractivity contribution in [3.63, 3.8) is 0 Å². The molecular formula is C48H55F2N6O8P. The first kappa shape index (κ1) is 47.0. The summed E-state index contributed by atoms with van der Waals surface area (Å²) < 4.78 is 85.0. The molecule has 1 fully saturated rings. The fourth-order valence-electron chi connectivity index (χ4n) is 7.88. The highest BCUT2D eigenvalue weighted by molar-refractivity contribution is 7.52. The molecule has 2 aromatic heterocycles. The number of nitrogens with zero attached hydrogens (tertiary/aromatic N) is 4. The maximum absolute atomic E-state index is 17.4. The van der Waals surface area contributed by atoms with Gasteiger partial charge in [-0.1, -0.05) is 112 Å². The van der Waals surface area contributed by atoms with Crippen molar-refractivity contribution in [3.8, 4) is 17.4 Å². The molecule has 1 aliphatic rings. The third-order valence-electron chi connectivity index (χ3n) is 11.7. The summed E-state index contributed by atoms with van der Waals surface area (Å²) >= 11 is 0. The normalized spacial score (nSPS) is 21.1. The maximum atomic E-state index is 17.4. The summed E-state index contributed by atoms with van der Waals surface area (Å²) in [4.78, 5) is 27.3. The average molecular weight is 913 g/mol. The number of aromatic nitrogens is 4. The Morgan fingerprint density at radius 3 is 2.03 bits per heavy atom. The van der Waals surface area contributed by atoms with Crippen molar-refractivity contribution >= 4 is 30.8 Å². The van der Waals surface area contributed by atoms with Gasteiger partial charge < -0.3 is 28.8 Å². The van der Waals surface area contributed by atoms with Crippen LogP contribution in [0, 0.1) is 5.92 Å². The number of carbonyl (C=O) groups excluding carboxylic acids is 1. The van der Waals surface area contributed by atoms with Gasteiger partial charge in [-0.05, 0) is 74.6 Å². The standard InChI is InChI=1S/C48H55F2N6O8P/c1-8-37(9-2)62-43(57)32(4)55-65(58,64-39-24-18-13-19-25-39)61-30-47(50)33(5)46(6,49)44(63-47)56-31-51-40-41(56)52-45(53-42(40)60-10-3)54-48(34-20-14-11-15-21-34,35-22-16-12-17-23-35)36-26-28-38(59-7)29-27-36/h11-29,31-33,37,44H,8-10,30H2,1-7H3,(H,55,58)(H,52,53,54)/t32-,33-,44+,46+,47+,65?/m0/s1. The van der Waals surface area contributed by atoms with E-state index in [1.165, 1.54) is 43.8 Å². The van der Waals surface area contributed by atoms with Gasteiger partial charge in [-0.25, -0.2) is 18.3 Å². The minimum absolute atomic E-state index is 0.0755. The van der Waals surface area contributed by atoms with E-state index in [2.05, 4.69) is 15.4 Å². The summed E-state index contributed by atoms with van der Waals surface area (Å²) in [6, 6.07) is 34.0. The number of para-hydroxylation sites is 1. The molecule has 1 aliphatic heterocycles. The molecule has 4 aromatic carbocycles. The van der Waals surface area contributed by atoms with Crippen molar-refractivity contribution in [2.75, 3.05) is 25.6 Å². The summed E-state index contributed by atoms with van der Waals surface area (Å²) in [6.07, 6.45) is 0.381. The number of ether oxygens (including phenoxy) is 4. The minimum Gasteiger partial charge on any atom is -0.497 e. The number of nitrogens with one attached hydrogen (secondary N) is 2. The van der Waals surface area contributed by atoms with Gasteiger partial charge in [0.1, 0.15) is 35.8 Å². The van der Waals surface area contributed by atoms with Crippen LogP contribution in [0.5, 0.6) is 17.4 Å². The van der Waals surface area contributed by atoms with Gasteiger partial charge >= 0.3 is 13.7 Å². The summed E-state index contributed by atoms with van der Waals surface area (Å²) in [7, 11) is -2.98. The highest BCUT2D eigenvalue weighted by Gasteiger charge is 2.63. The number of halogens is 2. The first-order chi connectivity index (χ1) is 31.2. The average Bonchev–Trinajstić information content (AvgIpc) is 3.82. The SMILES string of the molecule is CCOc1nc(NC(c2ccccc2)(c2ccccc2)c2ccc(OC)cc2)nc2c1ncn2[C@@H]1O[C@](F)(COP(=O)(N[C@@H](C)C(=O)OC(CC)CC)Oc2ccccc2)[C@@H](C)[C@@]1(C)F. The predicted molar refractivity (Wildman–Crippen MR) is 242 cm³/mol. The van der Waals surface area contributed by atoms with Crippen LogP contribution in [0.1, 0.15) is 77.3 Å². The molecule has 344 valence electrons. The second-order valence-electron chi connectivity index (χ2n) is 16.0. The molecule has 65 heavy (non-hydrogen) atoms. The van der Waals surface area contributed by atoms with Crippen LogP contribution in [0.2, 0.25) is 0 Å². The lowest BCUT2D eigenvalue weighted by Gasteiger charge is -2.37. The van der Waals surface area contributed by atoms with E-state index in [4.69, 9.17) is 38.0 Å². The second kappa shape index (κ2) is 19.7. The van der Waals surface area contributed by atoms with Crippen molar-refractivity contribution in [3.05, 3.63) is 138 Å². The van der Waals surface area contributed by atoms with Crippen LogP contribution in [0.4, 0.5) is 14.7 Å². The lowest BCUT2D eigenvalue weighted by atomic mass is 9.77. The molecule has 0 saturated carbocycles. The Bertz CT molecular complexity index is 2530. The van der Waals surface area contributed by atoms with Gasteiger partial charge in [0.2, 0.25) is 17.7 Å². The molecule has 17 heteroatoms. The number of methoxy groups -OCH3 is 1. The Balaban J connectivity index is 1.26. The third kappa shape index (κ3) is 9.72. The van der Waals surface area contributed by atoms with E-state index in [0.717, 1.165) is 16.7 Å². The largest absolute Gasteiger partial charge is 0.497 e. The minimum atomic E-state index is -4.58. The summed E-state index contributed by atoms with van der Waals surface area (Å²) in [5.41, 5.74) is -0.797. The molecule has 0 radical (unpaired) electrons. The fraction of sp³-hybridized carbons (Fsp3) is 0.375. The second-order valence-corrected chi connectivity index (χ2v) is 17.7. The zero-order chi connectivity index (χ0) is 46.4. The summed E-state index contributed by atoms with van der Waals surface area (Å²) in [5.74, 6) is -4.19. The van der Waals surface area contributed by atoms with Gasteiger partial charge in [0.15, 0.2) is 23.1 Å². The number of carbonyl (C=O) groups is 1. The van der Waals surface area contributed by atoms with Gasteiger partial charge in [0.25, 0.3) is 0 Å². The monoisotopic (exact) mass is 912 g/mol. The Kier molecular flexibility index (Phi) is 14.2. The van der Waals surface area contributed by atoms with Crippen LogP contribution in [-0.2, 0) is 28.9 Å². The molecule has 2 N–H and O–H groups in total. The number of rotatable bonds is 20. The van der Waals surface area contributed by atoms with Crippen LogP contribution in [0.15, 0.2) is 122 Å². The summed E-state index contributed by atoms with van der Waals surface area (Å²) in [5, 5.41) is 6.20. The van der Waals surface area contributed by atoms with Gasteiger partial charge in [-0.3, -0.25) is 13.9 Å². The first-order valence-corrected chi connectivity index (χ1v) is 23.2. The van der Waals surface area contributed by atoms with E-state index in [1.54, 1.807) is 32.2 Å². The van der Waals surface area contributed by atoms with Crippen molar-refractivity contribution in [2.45, 2.75) is 89.8 Å². The number of anilines is 1. The van der Waals surface area contributed by atoms with Crippen LogP contribution in [0.3, 0.4) is 0 Å². The van der Waals surface area contributed by atoms with E-state index in [-0.39, 0.29) is 41.5 Å². The number of benzene rings is 4. The highest BCUT2D eigenvalue weighted by atomic mass is 31.2. The molecule has 0 amide bonds. The lowest BCUT2D eigenvalue weighted by molar-refractivity contribution is -0.188. The predicted octanol–water partition coefficient (Wildman–Crippen LogP) is 10.1. The van der Waals surface area contributed by atoms with Gasteiger partial charge in [0, 0.05) is 0 Å². The molecule has 3 heterocycles. The molecule has 7 rings (SSSR count). The number of esters is 1. The number of hydrogen-bond acceptors (Lipinski definition) is 12. The molecule has 6 aromatic rings. The number of alkyl halides is 2. The van der Waals surface area contributed by atoms with Crippen molar-refractivity contribution in [1.82, 2.24) is 24.6 Å². The smallest absolute Gasteiger partial charge is 0.459 e. The molecule has 1 saturated heterocycles. The molecule has 14 nitrogen and oxygen atoms in total. The lowest BCUT2D eigenvalue weighted by Crippen LogP contribution is -2.41. The maximum Gasteiger partial charge on any atom is 0.459 e. The topological polar surface area (TPSA) is 157 Å². The molecule has 0 bridgehead atoms. The van der Waals surface area contributed by atoms with Crippen LogP contribution < -0.4 is 24.4 Å². The Morgan fingerprint density at radius 2 is 1.46 bits per heavy atom. The van der Waals surface area contributed by atoms with Gasteiger partial charge in [0.05, 0.1) is 26.0 Å². The van der Waals surface area contributed by atoms with Crippen LogP contribution in [-0.4, -0.2) is 69.5 Å². The fourth-order valence-corrected chi connectivity index (χ4v) is 9.38. The quantitative estimate of drug-likeness (QED) is 0.0424. The number of imidazole rings is 1. The molecular weight excluding hydrogens is 858 g/mol. The van der Waals surface area contributed by atoms with E-state index in [1.807, 2.05) is 98.8 Å². The van der Waals surface area contributed by atoms with Crippen molar-refractivity contribution in [1.29, 1.82) is 0 Å². The Labute approximate surface area is 377 Å². The Hall–Kier alpha value is -5.93. The van der Waals surface area contributed by atoms with E-state index >= 15 is 8.78 Å². The van der Waals surface area contributed by atoms with E-state index in [9.17, 15) is 9.36 Å². The third-order valence-corrected chi connectivity index (χ3v) is 13.4. The van der Waals surface area contributed by atoms with Crippen molar-refractivity contribution < 1.29 is 46.1 Å². The highest BCUT2D eigenvalue weighted by Crippen LogP contribution is 2.55. The summed E-state index contributed by atoms with van der Waals surface area (Å²) in [6.45, 7) is 8.63. The van der Waals surface area contributed by atoms with Crippen LogP contribution >= 0.6 is 7.75 Å². The number of hydrogen-bond donors (Lipinski definition) is 2. The first-order valence-electron chi connectivity index (χ1n) is 21.6. The van der Waals surface area contributed by atoms with E-state index in [0.29, 0.717) is 18.6 Å². The molecule has 0 spiro atoms. The molecule has 1 unspecified atom stereocenters. The number of fused-ring (bicyclic) bond motifs is 1. The zero-order valence-electron chi connectivity index (χ0n) is 37.4. The molecule has 6 atom stereocenters. The van der Waals surface area contributed by atoms with Gasteiger partial charge in [-0.2, -0.15) is 15.1 Å². The van der Waals surface area contributed by atoms with Crippen molar-refractivity contribution in [2.24, 2.45) is 5.92 Å². The van der Waals surface area contributed by atoms with Crippen LogP contribution in [0.25, 0.3) is 11.2 Å².